The average Bonchev–Trinajstić information content (AvgIpc) is 2.36. The van der Waals surface area contributed by atoms with Crippen molar-refractivity contribution in [2.45, 2.75) is 39.0 Å². The Balaban J connectivity index is 3.23. The predicted molar refractivity (Wildman–Crippen MR) is 74.9 cm³/mol. The van der Waals surface area contributed by atoms with Crippen LogP contribution in [0.3, 0.4) is 0 Å². The van der Waals surface area contributed by atoms with Gasteiger partial charge in [-0.15, -0.1) is 0 Å². The highest BCUT2D eigenvalue weighted by Gasteiger charge is 2.33. The third-order valence-electron chi connectivity index (χ3n) is 3.33. The van der Waals surface area contributed by atoms with E-state index in [2.05, 4.69) is 0 Å². The number of benzene rings is 1. The Morgan fingerprint density at radius 2 is 1.89 bits per heavy atom. The second-order valence-electron chi connectivity index (χ2n) is 4.68. The molecular weight excluding hydrogens is 242 g/mol. The van der Waals surface area contributed by atoms with Crippen LogP contribution in [0.4, 0.5) is 5.69 Å². The standard InChI is InChI=1S/C15H21NO3/c1-3-7-13(17)14(10(4-2)15(18)19)11-8-5-6-9-12(11)16/h5-6,8-10,14H,3-4,7,16H2,1-2H3,(H,18,19). The van der Waals surface area contributed by atoms with Crippen LogP contribution < -0.4 is 5.73 Å². The van der Waals surface area contributed by atoms with E-state index in [1.807, 2.05) is 6.92 Å². The molecule has 4 nitrogen and oxygen atoms in total. The molecule has 0 radical (unpaired) electrons. The fraction of sp³-hybridized carbons (Fsp3) is 0.467. The van der Waals surface area contributed by atoms with Crippen molar-refractivity contribution in [3.8, 4) is 0 Å². The summed E-state index contributed by atoms with van der Waals surface area (Å²) in [4.78, 5) is 23.7. The number of ketones is 1. The molecule has 4 heteroatoms. The molecule has 0 saturated carbocycles. The minimum atomic E-state index is -0.944. The summed E-state index contributed by atoms with van der Waals surface area (Å²) >= 11 is 0. The Morgan fingerprint density at radius 3 is 2.37 bits per heavy atom. The van der Waals surface area contributed by atoms with Crippen LogP contribution in [0.15, 0.2) is 24.3 Å². The van der Waals surface area contributed by atoms with E-state index in [4.69, 9.17) is 5.73 Å². The number of hydrogen-bond acceptors (Lipinski definition) is 3. The lowest BCUT2D eigenvalue weighted by atomic mass is 9.79. The van der Waals surface area contributed by atoms with Gasteiger partial charge in [-0.1, -0.05) is 32.0 Å². The zero-order valence-electron chi connectivity index (χ0n) is 11.4. The number of rotatable bonds is 7. The number of hydrogen-bond donors (Lipinski definition) is 2. The highest BCUT2D eigenvalue weighted by Crippen LogP contribution is 2.33. The number of nitrogen functional groups attached to an aromatic ring is 1. The Labute approximate surface area is 113 Å². The monoisotopic (exact) mass is 263 g/mol. The van der Waals surface area contributed by atoms with Gasteiger partial charge in [0, 0.05) is 12.1 Å². The second kappa shape index (κ2) is 6.92. The Bertz CT molecular complexity index is 456. The third kappa shape index (κ3) is 3.56. The quantitative estimate of drug-likeness (QED) is 0.741. The van der Waals surface area contributed by atoms with Gasteiger partial charge in [0.25, 0.3) is 0 Å². The van der Waals surface area contributed by atoms with Crippen molar-refractivity contribution in [1.29, 1.82) is 0 Å². The van der Waals surface area contributed by atoms with Gasteiger partial charge >= 0.3 is 5.97 Å². The summed E-state index contributed by atoms with van der Waals surface area (Å²) in [6.07, 6.45) is 1.49. The largest absolute Gasteiger partial charge is 0.481 e. The molecule has 2 atom stereocenters. The van der Waals surface area contributed by atoms with Crippen molar-refractivity contribution >= 4 is 17.4 Å². The molecule has 0 saturated heterocycles. The normalized spacial score (nSPS) is 13.8. The molecule has 0 spiro atoms. The van der Waals surface area contributed by atoms with Gasteiger partial charge in [-0.25, -0.2) is 0 Å². The summed E-state index contributed by atoms with van der Waals surface area (Å²) in [5, 5.41) is 9.32. The molecule has 0 heterocycles. The van der Waals surface area contributed by atoms with Gasteiger partial charge in [0.2, 0.25) is 0 Å². The van der Waals surface area contributed by atoms with Crippen LogP contribution >= 0.6 is 0 Å². The minimum absolute atomic E-state index is 0.0466. The summed E-state index contributed by atoms with van der Waals surface area (Å²) in [5.41, 5.74) is 7.02. The van der Waals surface area contributed by atoms with Gasteiger partial charge in [0.1, 0.15) is 5.78 Å². The number of carboxylic acids is 1. The number of carboxylic acid groups (broad SMARTS) is 1. The molecule has 104 valence electrons. The average molecular weight is 263 g/mol. The van der Waals surface area contributed by atoms with Gasteiger partial charge < -0.3 is 10.8 Å². The van der Waals surface area contributed by atoms with Crippen LogP contribution in [0.1, 0.15) is 44.6 Å². The molecular formula is C15H21NO3. The van der Waals surface area contributed by atoms with Gasteiger partial charge in [0.15, 0.2) is 0 Å². The maximum absolute atomic E-state index is 12.3. The summed E-state index contributed by atoms with van der Waals surface area (Å²) < 4.78 is 0. The van der Waals surface area contributed by atoms with Crippen LogP contribution in [0.25, 0.3) is 0 Å². The van der Waals surface area contributed by atoms with Crippen LogP contribution in [0, 0.1) is 5.92 Å². The fourth-order valence-corrected chi connectivity index (χ4v) is 2.36. The first-order valence-electron chi connectivity index (χ1n) is 6.62. The fourth-order valence-electron chi connectivity index (χ4n) is 2.36. The van der Waals surface area contributed by atoms with E-state index in [1.54, 1.807) is 31.2 Å². The van der Waals surface area contributed by atoms with Crippen molar-refractivity contribution in [2.24, 2.45) is 5.92 Å². The van der Waals surface area contributed by atoms with Crippen molar-refractivity contribution in [2.75, 3.05) is 5.73 Å². The summed E-state index contributed by atoms with van der Waals surface area (Å²) in [5.74, 6) is -2.36. The van der Waals surface area contributed by atoms with E-state index in [0.29, 0.717) is 30.5 Å². The first-order valence-corrected chi connectivity index (χ1v) is 6.62. The lowest BCUT2D eigenvalue weighted by molar-refractivity contribution is -0.145. The molecule has 0 aliphatic carbocycles. The molecule has 1 aromatic carbocycles. The summed E-state index contributed by atoms with van der Waals surface area (Å²) in [6, 6.07) is 7.02. The van der Waals surface area contributed by atoms with Crippen molar-refractivity contribution in [1.82, 2.24) is 0 Å². The topological polar surface area (TPSA) is 80.4 Å². The first-order chi connectivity index (χ1) is 9.02. The van der Waals surface area contributed by atoms with Gasteiger partial charge in [-0.05, 0) is 24.5 Å². The number of Topliss-reactive ketones (excluding diaryl/α,β-unsaturated/α-hetero) is 1. The van der Waals surface area contributed by atoms with Gasteiger partial charge in [-0.3, -0.25) is 9.59 Å². The van der Waals surface area contributed by atoms with Crippen molar-refractivity contribution < 1.29 is 14.7 Å². The lowest BCUT2D eigenvalue weighted by Crippen LogP contribution is -2.28. The highest BCUT2D eigenvalue weighted by atomic mass is 16.4. The second-order valence-corrected chi connectivity index (χ2v) is 4.68. The summed E-state index contributed by atoms with van der Waals surface area (Å²) in [7, 11) is 0. The van der Waals surface area contributed by atoms with E-state index in [9.17, 15) is 14.7 Å². The number of carbonyl (C=O) groups excluding carboxylic acids is 1. The van der Waals surface area contributed by atoms with E-state index in [1.165, 1.54) is 0 Å². The smallest absolute Gasteiger partial charge is 0.307 e. The van der Waals surface area contributed by atoms with Gasteiger partial charge in [0.05, 0.1) is 11.8 Å². The van der Waals surface area contributed by atoms with E-state index < -0.39 is 17.8 Å². The highest BCUT2D eigenvalue weighted by molar-refractivity contribution is 5.91. The molecule has 1 rings (SSSR count). The lowest BCUT2D eigenvalue weighted by Gasteiger charge is -2.23. The predicted octanol–water partition coefficient (Wildman–Crippen LogP) is 2.83. The molecule has 19 heavy (non-hydrogen) atoms. The minimum Gasteiger partial charge on any atom is -0.481 e. The Morgan fingerprint density at radius 1 is 1.26 bits per heavy atom. The number of anilines is 1. The van der Waals surface area contributed by atoms with E-state index in [-0.39, 0.29) is 5.78 Å². The summed E-state index contributed by atoms with van der Waals surface area (Å²) in [6.45, 7) is 3.69. The number of nitrogens with two attached hydrogens (primary N) is 1. The maximum atomic E-state index is 12.3. The van der Waals surface area contributed by atoms with Crippen molar-refractivity contribution in [3.63, 3.8) is 0 Å². The van der Waals surface area contributed by atoms with Crippen LogP contribution in [-0.4, -0.2) is 16.9 Å². The molecule has 0 aromatic heterocycles. The zero-order valence-corrected chi connectivity index (χ0v) is 11.4. The zero-order chi connectivity index (χ0) is 14.4. The molecule has 0 aliphatic heterocycles. The molecule has 0 fully saturated rings. The van der Waals surface area contributed by atoms with Crippen molar-refractivity contribution in [3.05, 3.63) is 29.8 Å². The maximum Gasteiger partial charge on any atom is 0.307 e. The van der Waals surface area contributed by atoms with Crippen LogP contribution in [-0.2, 0) is 9.59 Å². The Kier molecular flexibility index (Phi) is 5.55. The molecule has 1 aromatic rings. The van der Waals surface area contributed by atoms with Gasteiger partial charge in [-0.2, -0.15) is 0 Å². The first kappa shape index (κ1) is 15.2. The molecule has 2 unspecified atom stereocenters. The molecule has 3 N–H and O–H groups in total. The van der Waals surface area contributed by atoms with E-state index >= 15 is 0 Å². The van der Waals surface area contributed by atoms with Crippen LogP contribution in [0.2, 0.25) is 0 Å². The van der Waals surface area contributed by atoms with E-state index in [0.717, 1.165) is 0 Å². The third-order valence-corrected chi connectivity index (χ3v) is 3.33. The number of carbonyl (C=O) groups is 2. The Hall–Kier alpha value is -1.84. The molecule has 0 amide bonds. The SMILES string of the molecule is CCCC(=O)C(c1ccccc1N)C(CC)C(=O)O. The number of aliphatic carboxylic acids is 1. The molecule has 0 bridgehead atoms. The number of para-hydroxylation sites is 1. The van der Waals surface area contributed by atoms with Crippen LogP contribution in [0.5, 0.6) is 0 Å². The molecule has 0 aliphatic rings.